The molecule has 1 rings (SSSR count). The molecule has 0 aliphatic carbocycles. The lowest BCUT2D eigenvalue weighted by atomic mass is 9.80. The molecule has 0 fully saturated rings. The van der Waals surface area contributed by atoms with E-state index in [2.05, 4.69) is 41.9 Å². The molecule has 1 aromatic rings. The van der Waals surface area contributed by atoms with E-state index in [4.69, 9.17) is 10.5 Å². The Hall–Kier alpha value is -0.380. The predicted octanol–water partition coefficient (Wildman–Crippen LogP) is 3.30. The maximum Gasteiger partial charge on any atom is 0.0465 e. The highest BCUT2D eigenvalue weighted by atomic mass is 79.9. The normalized spacial score (nSPS) is 16.8. The van der Waals surface area contributed by atoms with Crippen LogP contribution in [0.1, 0.15) is 25.8 Å². The number of benzene rings is 1. The second-order valence-electron chi connectivity index (χ2n) is 4.48. The molecule has 16 heavy (non-hydrogen) atoms. The molecule has 1 aromatic carbocycles. The van der Waals surface area contributed by atoms with Gasteiger partial charge in [-0.2, -0.15) is 0 Å². The van der Waals surface area contributed by atoms with Gasteiger partial charge in [0.25, 0.3) is 0 Å². The van der Waals surface area contributed by atoms with Crippen molar-refractivity contribution in [2.24, 2.45) is 11.7 Å². The van der Waals surface area contributed by atoms with Crippen LogP contribution in [0.15, 0.2) is 28.7 Å². The van der Waals surface area contributed by atoms with Crippen molar-refractivity contribution in [1.29, 1.82) is 0 Å². The largest absolute Gasteiger partial charge is 0.385 e. The van der Waals surface area contributed by atoms with Crippen molar-refractivity contribution < 1.29 is 4.74 Å². The SMILES string of the molecule is COCCC(C)C(C)(N)c1cccc(Br)c1. The average molecular weight is 286 g/mol. The zero-order valence-electron chi connectivity index (χ0n) is 10.2. The lowest BCUT2D eigenvalue weighted by Gasteiger charge is -2.32. The first-order valence-electron chi connectivity index (χ1n) is 5.52. The van der Waals surface area contributed by atoms with Gasteiger partial charge >= 0.3 is 0 Å². The molecular weight excluding hydrogens is 266 g/mol. The fraction of sp³-hybridized carbons (Fsp3) is 0.538. The minimum Gasteiger partial charge on any atom is -0.385 e. The van der Waals surface area contributed by atoms with Crippen LogP contribution in [0.25, 0.3) is 0 Å². The number of methoxy groups -OCH3 is 1. The fourth-order valence-electron chi connectivity index (χ4n) is 1.70. The molecule has 3 heteroatoms. The zero-order valence-corrected chi connectivity index (χ0v) is 11.8. The summed E-state index contributed by atoms with van der Waals surface area (Å²) in [4.78, 5) is 0. The number of nitrogens with two attached hydrogens (primary N) is 1. The molecule has 2 N–H and O–H groups in total. The minimum atomic E-state index is -0.317. The second-order valence-corrected chi connectivity index (χ2v) is 5.39. The summed E-state index contributed by atoms with van der Waals surface area (Å²) >= 11 is 3.48. The highest BCUT2D eigenvalue weighted by Gasteiger charge is 2.28. The van der Waals surface area contributed by atoms with Crippen LogP contribution in [0.5, 0.6) is 0 Å². The van der Waals surface area contributed by atoms with Gasteiger partial charge < -0.3 is 10.5 Å². The lowest BCUT2D eigenvalue weighted by molar-refractivity contribution is 0.159. The molecule has 0 saturated heterocycles. The van der Waals surface area contributed by atoms with Crippen molar-refractivity contribution in [1.82, 2.24) is 0 Å². The molecule has 0 heterocycles. The fourth-order valence-corrected chi connectivity index (χ4v) is 2.10. The maximum atomic E-state index is 6.41. The summed E-state index contributed by atoms with van der Waals surface area (Å²) in [5, 5.41) is 0. The van der Waals surface area contributed by atoms with Crippen molar-refractivity contribution in [3.63, 3.8) is 0 Å². The lowest BCUT2D eigenvalue weighted by Crippen LogP contribution is -2.40. The Kier molecular flexibility index (Phi) is 4.96. The Morgan fingerprint density at radius 3 is 2.75 bits per heavy atom. The van der Waals surface area contributed by atoms with Crippen LogP contribution in [-0.4, -0.2) is 13.7 Å². The van der Waals surface area contributed by atoms with Gasteiger partial charge in [-0.05, 0) is 37.0 Å². The highest BCUT2D eigenvalue weighted by molar-refractivity contribution is 9.10. The Morgan fingerprint density at radius 2 is 2.19 bits per heavy atom. The number of halogens is 1. The van der Waals surface area contributed by atoms with Crippen LogP contribution in [0, 0.1) is 5.92 Å². The van der Waals surface area contributed by atoms with Crippen molar-refractivity contribution in [3.05, 3.63) is 34.3 Å². The summed E-state index contributed by atoms with van der Waals surface area (Å²) in [5.41, 5.74) is 7.26. The van der Waals surface area contributed by atoms with Crippen LogP contribution in [-0.2, 0) is 10.3 Å². The van der Waals surface area contributed by atoms with Gasteiger partial charge in [0.15, 0.2) is 0 Å². The van der Waals surface area contributed by atoms with E-state index < -0.39 is 0 Å². The smallest absolute Gasteiger partial charge is 0.0465 e. The Bertz CT molecular complexity index is 338. The van der Waals surface area contributed by atoms with Crippen LogP contribution >= 0.6 is 15.9 Å². The van der Waals surface area contributed by atoms with Crippen LogP contribution in [0.4, 0.5) is 0 Å². The van der Waals surface area contributed by atoms with Gasteiger partial charge in [-0.25, -0.2) is 0 Å². The molecule has 0 spiro atoms. The number of hydrogen-bond donors (Lipinski definition) is 1. The second kappa shape index (κ2) is 5.80. The van der Waals surface area contributed by atoms with E-state index in [-0.39, 0.29) is 5.54 Å². The molecule has 2 nitrogen and oxygen atoms in total. The Labute approximate surface area is 106 Å². The van der Waals surface area contributed by atoms with E-state index >= 15 is 0 Å². The average Bonchev–Trinajstić information content (AvgIpc) is 2.25. The minimum absolute atomic E-state index is 0.317. The molecule has 90 valence electrons. The monoisotopic (exact) mass is 285 g/mol. The predicted molar refractivity (Wildman–Crippen MR) is 71.3 cm³/mol. The summed E-state index contributed by atoms with van der Waals surface area (Å²) in [7, 11) is 1.72. The molecule has 0 aliphatic rings. The molecule has 0 amide bonds. The molecule has 0 bridgehead atoms. The molecule has 2 atom stereocenters. The first-order chi connectivity index (χ1) is 7.48. The number of hydrogen-bond acceptors (Lipinski definition) is 2. The van der Waals surface area contributed by atoms with Crippen molar-refractivity contribution in [2.45, 2.75) is 25.8 Å². The molecule has 0 aliphatic heterocycles. The van der Waals surface area contributed by atoms with E-state index in [1.165, 1.54) is 0 Å². The number of rotatable bonds is 5. The van der Waals surface area contributed by atoms with Gasteiger partial charge in [0, 0.05) is 23.7 Å². The summed E-state index contributed by atoms with van der Waals surface area (Å²) in [6, 6.07) is 8.20. The summed E-state index contributed by atoms with van der Waals surface area (Å²) < 4.78 is 6.17. The molecule has 0 aromatic heterocycles. The standard InChI is InChI=1S/C13H20BrNO/c1-10(7-8-16-3)13(2,15)11-5-4-6-12(14)9-11/h4-6,9-10H,7-8,15H2,1-3H3. The topological polar surface area (TPSA) is 35.2 Å². The summed E-state index contributed by atoms with van der Waals surface area (Å²) in [5.74, 6) is 0.377. The Balaban J connectivity index is 2.83. The maximum absolute atomic E-state index is 6.41. The first kappa shape index (κ1) is 13.7. The van der Waals surface area contributed by atoms with Crippen LogP contribution in [0.2, 0.25) is 0 Å². The van der Waals surface area contributed by atoms with E-state index in [1.807, 2.05) is 12.1 Å². The van der Waals surface area contributed by atoms with Gasteiger partial charge in [0.05, 0.1) is 0 Å². The van der Waals surface area contributed by atoms with Crippen molar-refractivity contribution >= 4 is 15.9 Å². The van der Waals surface area contributed by atoms with Crippen molar-refractivity contribution in [3.8, 4) is 0 Å². The Morgan fingerprint density at radius 1 is 1.50 bits per heavy atom. The summed E-state index contributed by atoms with van der Waals surface area (Å²) in [6.45, 7) is 5.00. The van der Waals surface area contributed by atoms with E-state index in [0.717, 1.165) is 23.1 Å². The van der Waals surface area contributed by atoms with Gasteiger partial charge in [-0.15, -0.1) is 0 Å². The van der Waals surface area contributed by atoms with Crippen molar-refractivity contribution in [2.75, 3.05) is 13.7 Å². The van der Waals surface area contributed by atoms with Gasteiger partial charge in [0.1, 0.15) is 0 Å². The quantitative estimate of drug-likeness (QED) is 0.901. The van der Waals surface area contributed by atoms with Crippen LogP contribution in [0.3, 0.4) is 0 Å². The van der Waals surface area contributed by atoms with E-state index in [9.17, 15) is 0 Å². The highest BCUT2D eigenvalue weighted by Crippen LogP contribution is 2.30. The third-order valence-corrected chi connectivity index (χ3v) is 3.72. The number of ether oxygens (including phenoxy) is 1. The third kappa shape index (κ3) is 3.30. The third-order valence-electron chi connectivity index (χ3n) is 3.23. The first-order valence-corrected chi connectivity index (χ1v) is 6.31. The van der Waals surface area contributed by atoms with E-state index in [0.29, 0.717) is 5.92 Å². The van der Waals surface area contributed by atoms with Gasteiger partial charge in [-0.1, -0.05) is 35.0 Å². The van der Waals surface area contributed by atoms with Gasteiger partial charge in [-0.3, -0.25) is 0 Å². The summed E-state index contributed by atoms with van der Waals surface area (Å²) in [6.07, 6.45) is 0.968. The van der Waals surface area contributed by atoms with Gasteiger partial charge in [0.2, 0.25) is 0 Å². The van der Waals surface area contributed by atoms with Crippen LogP contribution < -0.4 is 5.73 Å². The zero-order chi connectivity index (χ0) is 12.2. The molecule has 2 unspecified atom stereocenters. The van der Waals surface area contributed by atoms with E-state index in [1.54, 1.807) is 7.11 Å². The molecular formula is C13H20BrNO. The molecule has 0 saturated carbocycles. The molecule has 0 radical (unpaired) electrons.